The van der Waals surface area contributed by atoms with Gasteiger partial charge in [-0.2, -0.15) is 0 Å². The standard InChI is InChI=1S/C13H9ClN2S/c1-8-6-10-7-9(13-15-4-5-17-13)2-3-11(10)16-12(8)14/h2-7H,1H3. The molecule has 2 nitrogen and oxygen atoms in total. The van der Waals surface area contributed by atoms with E-state index in [9.17, 15) is 0 Å². The minimum atomic E-state index is 0.569. The molecule has 0 N–H and O–H groups in total. The zero-order chi connectivity index (χ0) is 11.8. The van der Waals surface area contributed by atoms with E-state index in [0.717, 1.165) is 27.0 Å². The summed E-state index contributed by atoms with van der Waals surface area (Å²) in [5, 5.41) is 4.67. The Bertz CT molecular complexity index is 677. The maximum Gasteiger partial charge on any atom is 0.132 e. The first-order valence-electron chi connectivity index (χ1n) is 5.21. The molecular weight excluding hydrogens is 252 g/mol. The molecule has 3 rings (SSSR count). The van der Waals surface area contributed by atoms with E-state index in [2.05, 4.69) is 22.1 Å². The monoisotopic (exact) mass is 260 g/mol. The molecule has 84 valence electrons. The van der Waals surface area contributed by atoms with Gasteiger partial charge >= 0.3 is 0 Å². The SMILES string of the molecule is Cc1cc2cc(-c3nccs3)ccc2nc1Cl. The van der Waals surface area contributed by atoms with Gasteiger partial charge in [0, 0.05) is 22.5 Å². The van der Waals surface area contributed by atoms with Crippen LogP contribution < -0.4 is 0 Å². The van der Waals surface area contributed by atoms with E-state index in [1.807, 2.05) is 30.6 Å². The number of halogens is 1. The van der Waals surface area contributed by atoms with Gasteiger partial charge in [-0.25, -0.2) is 9.97 Å². The maximum absolute atomic E-state index is 6.01. The van der Waals surface area contributed by atoms with Gasteiger partial charge in [-0.1, -0.05) is 11.6 Å². The third kappa shape index (κ3) is 1.92. The summed E-state index contributed by atoms with van der Waals surface area (Å²) in [7, 11) is 0. The number of pyridine rings is 1. The lowest BCUT2D eigenvalue weighted by Gasteiger charge is -2.03. The number of aromatic nitrogens is 2. The fraction of sp³-hybridized carbons (Fsp3) is 0.0769. The van der Waals surface area contributed by atoms with E-state index < -0.39 is 0 Å². The molecule has 0 saturated carbocycles. The molecule has 0 bridgehead atoms. The Balaban J connectivity index is 2.22. The molecule has 3 aromatic rings. The van der Waals surface area contributed by atoms with Gasteiger partial charge in [-0.05, 0) is 36.8 Å². The molecule has 1 aromatic carbocycles. The van der Waals surface area contributed by atoms with Crippen LogP contribution in [-0.4, -0.2) is 9.97 Å². The van der Waals surface area contributed by atoms with Crippen LogP contribution in [0.1, 0.15) is 5.56 Å². The normalized spacial score (nSPS) is 10.9. The number of fused-ring (bicyclic) bond motifs is 1. The number of nitrogens with zero attached hydrogens (tertiary/aromatic N) is 2. The predicted octanol–water partition coefficient (Wildman–Crippen LogP) is 4.32. The Morgan fingerprint density at radius 3 is 2.88 bits per heavy atom. The molecular formula is C13H9ClN2S. The molecule has 17 heavy (non-hydrogen) atoms. The van der Waals surface area contributed by atoms with E-state index >= 15 is 0 Å². The van der Waals surface area contributed by atoms with Gasteiger partial charge in [0.1, 0.15) is 10.2 Å². The van der Waals surface area contributed by atoms with Gasteiger partial charge in [0.05, 0.1) is 5.52 Å². The van der Waals surface area contributed by atoms with Gasteiger partial charge in [0.2, 0.25) is 0 Å². The van der Waals surface area contributed by atoms with Crippen molar-refractivity contribution in [2.24, 2.45) is 0 Å². The highest BCUT2D eigenvalue weighted by molar-refractivity contribution is 7.13. The van der Waals surface area contributed by atoms with Crippen molar-refractivity contribution in [2.45, 2.75) is 6.92 Å². The lowest BCUT2D eigenvalue weighted by Crippen LogP contribution is -1.85. The Kier molecular flexibility index (Phi) is 2.57. The summed E-state index contributed by atoms with van der Waals surface area (Å²) >= 11 is 7.64. The van der Waals surface area contributed by atoms with Crippen LogP contribution in [0.3, 0.4) is 0 Å². The number of hydrogen-bond donors (Lipinski definition) is 0. The van der Waals surface area contributed by atoms with Gasteiger partial charge in [0.25, 0.3) is 0 Å². The molecule has 0 saturated heterocycles. The highest BCUT2D eigenvalue weighted by atomic mass is 35.5. The molecule has 0 aliphatic carbocycles. The van der Waals surface area contributed by atoms with Crippen molar-refractivity contribution in [2.75, 3.05) is 0 Å². The van der Waals surface area contributed by atoms with Crippen LogP contribution in [0.25, 0.3) is 21.5 Å². The fourth-order valence-corrected chi connectivity index (χ4v) is 2.54. The first-order chi connectivity index (χ1) is 8.24. The molecule has 2 aromatic heterocycles. The highest BCUT2D eigenvalue weighted by Crippen LogP contribution is 2.27. The average molecular weight is 261 g/mol. The summed E-state index contributed by atoms with van der Waals surface area (Å²) in [6.07, 6.45) is 1.82. The molecule has 0 atom stereocenters. The number of aryl methyl sites for hydroxylation is 1. The quantitative estimate of drug-likeness (QED) is 0.609. The first kappa shape index (κ1) is 10.7. The van der Waals surface area contributed by atoms with Crippen LogP contribution >= 0.6 is 22.9 Å². The minimum Gasteiger partial charge on any atom is -0.245 e. The molecule has 0 spiro atoms. The van der Waals surface area contributed by atoms with Gasteiger partial charge in [0.15, 0.2) is 0 Å². The summed E-state index contributed by atoms with van der Waals surface area (Å²) in [4.78, 5) is 8.65. The number of thiazole rings is 1. The second kappa shape index (κ2) is 4.09. The van der Waals surface area contributed by atoms with Crippen molar-refractivity contribution in [3.63, 3.8) is 0 Å². The summed E-state index contributed by atoms with van der Waals surface area (Å²) in [6.45, 7) is 1.96. The second-order valence-electron chi connectivity index (χ2n) is 3.84. The number of benzene rings is 1. The minimum absolute atomic E-state index is 0.569. The highest BCUT2D eigenvalue weighted by Gasteiger charge is 2.05. The van der Waals surface area contributed by atoms with Crippen molar-refractivity contribution in [3.8, 4) is 10.6 Å². The molecule has 0 aliphatic rings. The second-order valence-corrected chi connectivity index (χ2v) is 5.09. The average Bonchev–Trinajstić information content (AvgIpc) is 2.83. The summed E-state index contributed by atoms with van der Waals surface area (Å²) < 4.78 is 0. The number of rotatable bonds is 1. The third-order valence-electron chi connectivity index (χ3n) is 2.62. The van der Waals surface area contributed by atoms with Crippen LogP contribution in [0.2, 0.25) is 5.15 Å². The van der Waals surface area contributed by atoms with E-state index in [0.29, 0.717) is 5.15 Å². The Hall–Kier alpha value is -1.45. The maximum atomic E-state index is 6.01. The van der Waals surface area contributed by atoms with E-state index in [1.54, 1.807) is 11.3 Å². The van der Waals surface area contributed by atoms with E-state index in [-0.39, 0.29) is 0 Å². The lowest BCUT2D eigenvalue weighted by atomic mass is 10.1. The first-order valence-corrected chi connectivity index (χ1v) is 6.46. The van der Waals surface area contributed by atoms with Crippen molar-refractivity contribution < 1.29 is 0 Å². The van der Waals surface area contributed by atoms with E-state index in [1.165, 1.54) is 0 Å². The molecule has 0 amide bonds. The molecule has 4 heteroatoms. The van der Waals surface area contributed by atoms with Crippen LogP contribution in [0.4, 0.5) is 0 Å². The summed E-state index contributed by atoms with van der Waals surface area (Å²) in [6, 6.07) is 8.17. The molecule has 0 aliphatic heterocycles. The van der Waals surface area contributed by atoms with Gasteiger partial charge < -0.3 is 0 Å². The Labute approximate surface area is 108 Å². The lowest BCUT2D eigenvalue weighted by molar-refractivity contribution is 1.33. The third-order valence-corrected chi connectivity index (χ3v) is 3.83. The fourth-order valence-electron chi connectivity index (χ4n) is 1.76. The van der Waals surface area contributed by atoms with Crippen molar-refractivity contribution in [1.29, 1.82) is 0 Å². The summed E-state index contributed by atoms with van der Waals surface area (Å²) in [5.41, 5.74) is 3.03. The van der Waals surface area contributed by atoms with Crippen molar-refractivity contribution in [1.82, 2.24) is 9.97 Å². The molecule has 0 fully saturated rings. The van der Waals surface area contributed by atoms with Crippen LogP contribution in [0, 0.1) is 6.92 Å². The van der Waals surface area contributed by atoms with Crippen molar-refractivity contribution >= 4 is 33.8 Å². The zero-order valence-electron chi connectivity index (χ0n) is 9.14. The smallest absolute Gasteiger partial charge is 0.132 e. The largest absolute Gasteiger partial charge is 0.245 e. The zero-order valence-corrected chi connectivity index (χ0v) is 10.7. The van der Waals surface area contributed by atoms with Crippen molar-refractivity contribution in [3.05, 3.63) is 46.6 Å². The van der Waals surface area contributed by atoms with E-state index in [4.69, 9.17) is 11.6 Å². The van der Waals surface area contributed by atoms with Gasteiger partial charge in [-0.15, -0.1) is 11.3 Å². The predicted molar refractivity (Wildman–Crippen MR) is 72.6 cm³/mol. The molecule has 0 radical (unpaired) electrons. The van der Waals surface area contributed by atoms with Crippen LogP contribution in [0.5, 0.6) is 0 Å². The number of hydrogen-bond acceptors (Lipinski definition) is 3. The Morgan fingerprint density at radius 2 is 2.12 bits per heavy atom. The summed E-state index contributed by atoms with van der Waals surface area (Å²) in [5.74, 6) is 0. The topological polar surface area (TPSA) is 25.8 Å². The Morgan fingerprint density at radius 1 is 1.24 bits per heavy atom. The molecule has 2 heterocycles. The van der Waals surface area contributed by atoms with Crippen LogP contribution in [-0.2, 0) is 0 Å². The van der Waals surface area contributed by atoms with Crippen LogP contribution in [0.15, 0.2) is 35.8 Å². The van der Waals surface area contributed by atoms with Gasteiger partial charge in [-0.3, -0.25) is 0 Å². The molecule has 0 unspecified atom stereocenters.